The number of pyridine rings is 1. The molecular weight excluding hydrogens is 355 g/mol. The summed E-state index contributed by atoms with van der Waals surface area (Å²) in [6.07, 6.45) is 4.70. The predicted molar refractivity (Wildman–Crippen MR) is 86.6 cm³/mol. The average molecular weight is 376 g/mol. The molecule has 1 aliphatic carbocycles. The highest BCUT2D eigenvalue weighted by Crippen LogP contribution is 2.45. The van der Waals surface area contributed by atoms with E-state index in [-0.39, 0.29) is 36.0 Å². The summed E-state index contributed by atoms with van der Waals surface area (Å²) < 4.78 is 0. The van der Waals surface area contributed by atoms with Crippen molar-refractivity contribution in [2.24, 2.45) is 16.1 Å². The van der Waals surface area contributed by atoms with Crippen LogP contribution in [0.25, 0.3) is 0 Å². The largest absolute Gasteiger partial charge is 0.396 e. The first-order valence-corrected chi connectivity index (χ1v) is 6.29. The van der Waals surface area contributed by atoms with Crippen LogP contribution in [0.15, 0.2) is 29.4 Å². The SMILES string of the molecule is I.NC(=NCC1(CO)CC1)NCCc1ccccn1. The van der Waals surface area contributed by atoms with Crippen LogP contribution in [0, 0.1) is 5.41 Å². The van der Waals surface area contributed by atoms with Crippen LogP contribution in [-0.4, -0.2) is 35.7 Å². The number of halogens is 1. The normalized spacial score (nSPS) is 16.6. The second kappa shape index (κ2) is 7.64. The highest BCUT2D eigenvalue weighted by Gasteiger charge is 2.41. The molecule has 6 heteroatoms. The number of aromatic nitrogens is 1. The van der Waals surface area contributed by atoms with Crippen molar-refractivity contribution in [2.45, 2.75) is 19.3 Å². The fourth-order valence-electron chi connectivity index (χ4n) is 1.72. The van der Waals surface area contributed by atoms with Gasteiger partial charge in [-0.1, -0.05) is 6.07 Å². The van der Waals surface area contributed by atoms with Gasteiger partial charge in [0.25, 0.3) is 0 Å². The quantitative estimate of drug-likeness (QED) is 0.392. The number of aliphatic hydroxyl groups is 1. The first kappa shape index (κ1) is 16.2. The Hall–Kier alpha value is -0.890. The molecule has 1 aromatic heterocycles. The minimum absolute atomic E-state index is 0. The Labute approximate surface area is 130 Å². The minimum Gasteiger partial charge on any atom is -0.396 e. The van der Waals surface area contributed by atoms with Crippen LogP contribution in [0.4, 0.5) is 0 Å². The zero-order valence-electron chi connectivity index (χ0n) is 10.9. The molecule has 1 saturated carbocycles. The topological polar surface area (TPSA) is 83.5 Å². The lowest BCUT2D eigenvalue weighted by atomic mass is 10.1. The second-order valence-corrected chi connectivity index (χ2v) is 4.86. The van der Waals surface area contributed by atoms with Gasteiger partial charge in [-0.15, -0.1) is 24.0 Å². The van der Waals surface area contributed by atoms with Gasteiger partial charge < -0.3 is 16.2 Å². The van der Waals surface area contributed by atoms with E-state index in [0.717, 1.165) is 31.5 Å². The lowest BCUT2D eigenvalue weighted by Crippen LogP contribution is -2.34. The van der Waals surface area contributed by atoms with Gasteiger partial charge in [-0.3, -0.25) is 9.98 Å². The van der Waals surface area contributed by atoms with Gasteiger partial charge in [0.2, 0.25) is 0 Å². The molecule has 0 bridgehead atoms. The van der Waals surface area contributed by atoms with Crippen LogP contribution in [0.3, 0.4) is 0 Å². The third-order valence-electron chi connectivity index (χ3n) is 3.29. The number of nitrogens with one attached hydrogen (secondary N) is 1. The molecule has 1 fully saturated rings. The third kappa shape index (κ3) is 5.32. The number of aliphatic imine (C=N–C) groups is 1. The molecule has 1 aromatic rings. The van der Waals surface area contributed by atoms with Crippen molar-refractivity contribution < 1.29 is 5.11 Å². The van der Waals surface area contributed by atoms with Gasteiger partial charge in [-0.25, -0.2) is 0 Å². The molecule has 0 spiro atoms. The summed E-state index contributed by atoms with van der Waals surface area (Å²) in [5.41, 5.74) is 6.82. The van der Waals surface area contributed by atoms with E-state index in [1.54, 1.807) is 6.20 Å². The maximum absolute atomic E-state index is 9.16. The van der Waals surface area contributed by atoms with E-state index >= 15 is 0 Å². The maximum Gasteiger partial charge on any atom is 0.188 e. The molecule has 0 unspecified atom stereocenters. The zero-order valence-corrected chi connectivity index (χ0v) is 13.2. The van der Waals surface area contributed by atoms with Gasteiger partial charge in [0.05, 0.1) is 13.2 Å². The van der Waals surface area contributed by atoms with Crippen molar-refractivity contribution >= 4 is 29.9 Å². The molecule has 0 atom stereocenters. The minimum atomic E-state index is 0. The fraction of sp³-hybridized carbons (Fsp3) is 0.538. The molecule has 5 nitrogen and oxygen atoms in total. The first-order valence-electron chi connectivity index (χ1n) is 6.29. The highest BCUT2D eigenvalue weighted by atomic mass is 127. The summed E-state index contributed by atoms with van der Waals surface area (Å²) in [6, 6.07) is 5.86. The molecule has 0 amide bonds. The summed E-state index contributed by atoms with van der Waals surface area (Å²) in [5.74, 6) is 0.450. The summed E-state index contributed by atoms with van der Waals surface area (Å²) >= 11 is 0. The molecule has 19 heavy (non-hydrogen) atoms. The highest BCUT2D eigenvalue weighted by molar-refractivity contribution is 14.0. The van der Waals surface area contributed by atoms with E-state index in [4.69, 9.17) is 10.8 Å². The van der Waals surface area contributed by atoms with Crippen molar-refractivity contribution in [3.05, 3.63) is 30.1 Å². The van der Waals surface area contributed by atoms with Crippen LogP contribution >= 0.6 is 24.0 Å². The third-order valence-corrected chi connectivity index (χ3v) is 3.29. The Morgan fingerprint density at radius 1 is 1.47 bits per heavy atom. The number of nitrogens with two attached hydrogens (primary N) is 1. The van der Waals surface area contributed by atoms with Gasteiger partial charge in [0.15, 0.2) is 5.96 Å². The molecular formula is C13H21IN4O. The first-order chi connectivity index (χ1) is 8.74. The predicted octanol–water partition coefficient (Wildman–Crippen LogP) is 0.919. The summed E-state index contributed by atoms with van der Waals surface area (Å²) in [6.45, 7) is 1.54. The van der Waals surface area contributed by atoms with Crippen molar-refractivity contribution in [1.82, 2.24) is 10.3 Å². The molecule has 1 heterocycles. The molecule has 2 rings (SSSR count). The molecule has 0 aromatic carbocycles. The molecule has 106 valence electrons. The van der Waals surface area contributed by atoms with Crippen LogP contribution in [-0.2, 0) is 6.42 Å². The van der Waals surface area contributed by atoms with Crippen molar-refractivity contribution in [1.29, 1.82) is 0 Å². The molecule has 0 aliphatic heterocycles. The van der Waals surface area contributed by atoms with E-state index in [9.17, 15) is 0 Å². The van der Waals surface area contributed by atoms with Gasteiger partial charge in [-0.2, -0.15) is 0 Å². The molecule has 1 aliphatic rings. The number of nitrogens with zero attached hydrogens (tertiary/aromatic N) is 2. The maximum atomic E-state index is 9.16. The Bertz CT molecular complexity index is 406. The van der Waals surface area contributed by atoms with Gasteiger partial charge >= 0.3 is 0 Å². The van der Waals surface area contributed by atoms with Gasteiger partial charge in [-0.05, 0) is 25.0 Å². The molecule has 0 radical (unpaired) electrons. The Balaban J connectivity index is 0.00000180. The Kier molecular flexibility index (Phi) is 6.50. The number of rotatable bonds is 6. The summed E-state index contributed by atoms with van der Waals surface area (Å²) in [4.78, 5) is 8.49. The fourth-order valence-corrected chi connectivity index (χ4v) is 1.72. The van der Waals surface area contributed by atoms with E-state index in [1.807, 2.05) is 18.2 Å². The molecule has 4 N–H and O–H groups in total. The van der Waals surface area contributed by atoms with Gasteiger partial charge in [0.1, 0.15) is 0 Å². The molecule has 0 saturated heterocycles. The van der Waals surface area contributed by atoms with E-state index in [0.29, 0.717) is 12.5 Å². The lowest BCUT2D eigenvalue weighted by Gasteiger charge is -2.09. The van der Waals surface area contributed by atoms with E-state index in [2.05, 4.69) is 15.3 Å². The summed E-state index contributed by atoms with van der Waals surface area (Å²) in [7, 11) is 0. The standard InChI is InChI=1S/C13H20N4O.HI/c14-12(17-9-13(10-18)5-6-13)16-8-4-11-3-1-2-7-15-11;/h1-3,7,18H,4-6,8-10H2,(H3,14,16,17);1H. The number of guanidine groups is 1. The number of hydrogen-bond donors (Lipinski definition) is 3. The van der Waals surface area contributed by atoms with Crippen molar-refractivity contribution in [3.63, 3.8) is 0 Å². The van der Waals surface area contributed by atoms with Gasteiger partial charge in [0, 0.05) is 30.3 Å². The number of aliphatic hydroxyl groups excluding tert-OH is 1. The van der Waals surface area contributed by atoms with E-state index in [1.165, 1.54) is 0 Å². The average Bonchev–Trinajstić information content (AvgIpc) is 3.18. The summed E-state index contributed by atoms with van der Waals surface area (Å²) in [5, 5.41) is 12.2. The van der Waals surface area contributed by atoms with Crippen LogP contribution in [0.5, 0.6) is 0 Å². The smallest absolute Gasteiger partial charge is 0.188 e. The second-order valence-electron chi connectivity index (χ2n) is 4.86. The number of hydrogen-bond acceptors (Lipinski definition) is 3. The lowest BCUT2D eigenvalue weighted by molar-refractivity contribution is 0.217. The van der Waals surface area contributed by atoms with Crippen LogP contribution in [0.2, 0.25) is 0 Å². The van der Waals surface area contributed by atoms with Crippen molar-refractivity contribution in [3.8, 4) is 0 Å². The Morgan fingerprint density at radius 2 is 2.26 bits per heavy atom. The van der Waals surface area contributed by atoms with Crippen LogP contribution < -0.4 is 11.1 Å². The van der Waals surface area contributed by atoms with Crippen molar-refractivity contribution in [2.75, 3.05) is 19.7 Å². The van der Waals surface area contributed by atoms with E-state index < -0.39 is 0 Å². The monoisotopic (exact) mass is 376 g/mol. The zero-order chi connectivity index (χ0) is 12.8. The Morgan fingerprint density at radius 3 is 2.84 bits per heavy atom. The van der Waals surface area contributed by atoms with Crippen LogP contribution in [0.1, 0.15) is 18.5 Å².